The lowest BCUT2D eigenvalue weighted by Gasteiger charge is -2.26. The van der Waals surface area contributed by atoms with Gasteiger partial charge in [-0.1, -0.05) is 12.1 Å². The van der Waals surface area contributed by atoms with E-state index in [1.807, 2.05) is 17.0 Å². The van der Waals surface area contributed by atoms with Gasteiger partial charge in [0.15, 0.2) is 0 Å². The van der Waals surface area contributed by atoms with Gasteiger partial charge in [-0.3, -0.25) is 9.88 Å². The van der Waals surface area contributed by atoms with Gasteiger partial charge in [0.2, 0.25) is 15.9 Å². The van der Waals surface area contributed by atoms with Crippen LogP contribution in [0.5, 0.6) is 0 Å². The van der Waals surface area contributed by atoms with Crippen LogP contribution in [-0.2, 0) is 28.0 Å². The van der Waals surface area contributed by atoms with Gasteiger partial charge >= 0.3 is 0 Å². The molecule has 3 aromatic rings. The number of ether oxygens (including phenoxy) is 1. The van der Waals surface area contributed by atoms with Crippen molar-refractivity contribution >= 4 is 22.2 Å². The summed E-state index contributed by atoms with van der Waals surface area (Å²) in [7, 11) is -3.65. The smallest absolute Gasteiger partial charge is 0.288 e. The SMILES string of the molecule is N#CCCN(Cc1cccnc1)Cn1nc(-c2cccc(S(=O)(=O)N3CCOCC3)c2)oc1=S. The van der Waals surface area contributed by atoms with Gasteiger partial charge in [-0.15, -0.1) is 5.10 Å². The summed E-state index contributed by atoms with van der Waals surface area (Å²) in [5.74, 6) is 0.227. The van der Waals surface area contributed by atoms with E-state index in [1.54, 1.807) is 36.7 Å². The van der Waals surface area contributed by atoms with E-state index in [4.69, 9.17) is 26.6 Å². The summed E-state index contributed by atoms with van der Waals surface area (Å²) in [5, 5.41) is 13.5. The Hall–Kier alpha value is -2.95. The van der Waals surface area contributed by atoms with Crippen LogP contribution in [0, 0.1) is 16.2 Å². The van der Waals surface area contributed by atoms with Gasteiger partial charge in [0.25, 0.3) is 4.84 Å². The maximum absolute atomic E-state index is 13.0. The lowest BCUT2D eigenvalue weighted by Crippen LogP contribution is -2.40. The Morgan fingerprint density at radius 1 is 1.21 bits per heavy atom. The molecule has 2 aromatic heterocycles. The zero-order valence-electron chi connectivity index (χ0n) is 18.4. The first kappa shape index (κ1) is 24.2. The average Bonchev–Trinajstić information content (AvgIpc) is 3.24. The lowest BCUT2D eigenvalue weighted by atomic mass is 10.2. The molecule has 12 heteroatoms. The van der Waals surface area contributed by atoms with Crippen molar-refractivity contribution in [1.82, 2.24) is 24.0 Å². The third kappa shape index (κ3) is 5.75. The fourth-order valence-electron chi connectivity index (χ4n) is 3.59. The Labute approximate surface area is 203 Å². The summed E-state index contributed by atoms with van der Waals surface area (Å²) < 4.78 is 39.9. The van der Waals surface area contributed by atoms with Crippen molar-refractivity contribution in [3.63, 3.8) is 0 Å². The Balaban J connectivity index is 1.56. The molecule has 0 amide bonds. The summed E-state index contributed by atoms with van der Waals surface area (Å²) in [6.45, 7) is 2.77. The third-order valence-corrected chi connectivity index (χ3v) is 7.49. The van der Waals surface area contributed by atoms with Crippen molar-refractivity contribution in [2.75, 3.05) is 32.8 Å². The Morgan fingerprint density at radius 2 is 2.03 bits per heavy atom. The molecule has 0 N–H and O–H groups in total. The van der Waals surface area contributed by atoms with E-state index >= 15 is 0 Å². The molecule has 1 aromatic carbocycles. The summed E-state index contributed by atoms with van der Waals surface area (Å²) in [5.41, 5.74) is 1.51. The first-order valence-electron chi connectivity index (χ1n) is 10.7. The molecule has 1 saturated heterocycles. The molecule has 3 heterocycles. The number of morpholine rings is 1. The number of rotatable bonds is 9. The fraction of sp³-hybridized carbons (Fsp3) is 0.364. The highest BCUT2D eigenvalue weighted by atomic mass is 32.2. The Bertz CT molecular complexity index is 1310. The predicted octanol–water partition coefficient (Wildman–Crippen LogP) is 2.66. The van der Waals surface area contributed by atoms with Crippen molar-refractivity contribution in [2.45, 2.75) is 24.5 Å². The zero-order valence-corrected chi connectivity index (χ0v) is 20.0. The summed E-state index contributed by atoms with van der Waals surface area (Å²) in [4.78, 5) is 6.47. The van der Waals surface area contributed by atoms with E-state index < -0.39 is 10.0 Å². The molecule has 178 valence electrons. The molecule has 0 unspecified atom stereocenters. The number of sulfonamides is 1. The first-order chi connectivity index (χ1) is 16.5. The van der Waals surface area contributed by atoms with E-state index in [-0.39, 0.29) is 15.6 Å². The van der Waals surface area contributed by atoms with Crippen LogP contribution in [-0.4, -0.2) is 65.2 Å². The van der Waals surface area contributed by atoms with Crippen LogP contribution in [0.2, 0.25) is 0 Å². The van der Waals surface area contributed by atoms with Gasteiger partial charge in [-0.2, -0.15) is 9.57 Å². The fourth-order valence-corrected chi connectivity index (χ4v) is 5.22. The highest BCUT2D eigenvalue weighted by Crippen LogP contribution is 2.24. The van der Waals surface area contributed by atoms with E-state index in [1.165, 1.54) is 8.99 Å². The van der Waals surface area contributed by atoms with Crippen LogP contribution in [0.25, 0.3) is 11.5 Å². The summed E-state index contributed by atoms with van der Waals surface area (Å²) in [6, 6.07) is 12.4. The standard InChI is InChI=1S/C22H24N6O4S2/c23-7-3-9-26(16-18-4-2-8-24-15-18)17-28-22(33)32-21(25-28)19-5-1-6-20(14-19)34(29,30)27-10-12-31-13-11-27/h1-2,4-6,8,14-15H,3,9-13,16-17H2. The number of aromatic nitrogens is 3. The molecule has 0 radical (unpaired) electrons. The minimum absolute atomic E-state index is 0.157. The molecule has 1 aliphatic heterocycles. The molecule has 0 bridgehead atoms. The Kier molecular flexibility index (Phi) is 7.81. The van der Waals surface area contributed by atoms with Gasteiger partial charge < -0.3 is 9.15 Å². The molecule has 10 nitrogen and oxygen atoms in total. The van der Waals surface area contributed by atoms with Crippen molar-refractivity contribution < 1.29 is 17.6 Å². The van der Waals surface area contributed by atoms with Crippen LogP contribution >= 0.6 is 12.2 Å². The minimum atomic E-state index is -3.65. The number of nitriles is 1. The lowest BCUT2D eigenvalue weighted by molar-refractivity contribution is 0.0730. The number of benzene rings is 1. The van der Waals surface area contributed by atoms with E-state index in [2.05, 4.69) is 16.2 Å². The van der Waals surface area contributed by atoms with E-state index in [0.717, 1.165) is 5.56 Å². The van der Waals surface area contributed by atoms with Gasteiger partial charge in [0, 0.05) is 50.6 Å². The number of nitrogens with zero attached hydrogens (tertiary/aromatic N) is 6. The first-order valence-corrected chi connectivity index (χ1v) is 12.6. The van der Waals surface area contributed by atoms with Crippen LogP contribution in [0.15, 0.2) is 58.1 Å². The topological polar surface area (TPSA) is 117 Å². The second-order valence-corrected chi connectivity index (χ2v) is 9.97. The van der Waals surface area contributed by atoms with Gasteiger partial charge in [-0.05, 0) is 42.0 Å². The molecular formula is C22H24N6O4S2. The minimum Gasteiger partial charge on any atom is -0.409 e. The molecule has 0 atom stereocenters. The third-order valence-electron chi connectivity index (χ3n) is 5.30. The zero-order chi connectivity index (χ0) is 24.0. The maximum Gasteiger partial charge on any atom is 0.288 e. The molecule has 1 aliphatic rings. The average molecular weight is 501 g/mol. The largest absolute Gasteiger partial charge is 0.409 e. The number of hydrogen-bond acceptors (Lipinski definition) is 9. The highest BCUT2D eigenvalue weighted by molar-refractivity contribution is 7.89. The molecule has 0 aliphatic carbocycles. The maximum atomic E-state index is 13.0. The molecule has 34 heavy (non-hydrogen) atoms. The number of pyridine rings is 1. The van der Waals surface area contributed by atoms with Crippen molar-refractivity contribution in [3.05, 3.63) is 59.2 Å². The molecule has 0 spiro atoms. The molecular weight excluding hydrogens is 476 g/mol. The highest BCUT2D eigenvalue weighted by Gasteiger charge is 2.27. The normalized spacial score (nSPS) is 14.8. The van der Waals surface area contributed by atoms with Gasteiger partial charge in [0.05, 0.1) is 30.8 Å². The van der Waals surface area contributed by atoms with Crippen LogP contribution in [0.3, 0.4) is 0 Å². The quantitative estimate of drug-likeness (QED) is 0.409. The second kappa shape index (κ2) is 11.0. The molecule has 1 fully saturated rings. The van der Waals surface area contributed by atoms with Gasteiger partial charge in [-0.25, -0.2) is 13.1 Å². The van der Waals surface area contributed by atoms with Crippen molar-refractivity contribution in [1.29, 1.82) is 5.26 Å². The van der Waals surface area contributed by atoms with Gasteiger partial charge in [0.1, 0.15) is 0 Å². The number of hydrogen-bond donors (Lipinski definition) is 0. The Morgan fingerprint density at radius 3 is 2.76 bits per heavy atom. The molecule has 4 rings (SSSR count). The van der Waals surface area contributed by atoms with Crippen molar-refractivity contribution in [2.24, 2.45) is 0 Å². The van der Waals surface area contributed by atoms with Crippen LogP contribution in [0.1, 0.15) is 12.0 Å². The van der Waals surface area contributed by atoms with E-state index in [9.17, 15) is 8.42 Å². The van der Waals surface area contributed by atoms with Crippen molar-refractivity contribution in [3.8, 4) is 17.5 Å². The molecule has 0 saturated carbocycles. The summed E-state index contributed by atoms with van der Waals surface area (Å²) >= 11 is 5.37. The van der Waals surface area contributed by atoms with Crippen LogP contribution < -0.4 is 0 Å². The van der Waals surface area contributed by atoms with Crippen LogP contribution in [0.4, 0.5) is 0 Å². The predicted molar refractivity (Wildman–Crippen MR) is 125 cm³/mol. The monoisotopic (exact) mass is 500 g/mol. The second-order valence-electron chi connectivity index (χ2n) is 7.68. The van der Waals surface area contributed by atoms with E-state index in [0.29, 0.717) is 58.0 Å². The summed E-state index contributed by atoms with van der Waals surface area (Å²) in [6.07, 6.45) is 3.82.